The van der Waals surface area contributed by atoms with Crippen LogP contribution in [0.3, 0.4) is 0 Å². The summed E-state index contributed by atoms with van der Waals surface area (Å²) in [6.45, 7) is 6.86. The lowest BCUT2D eigenvalue weighted by atomic mass is 9.72. The van der Waals surface area contributed by atoms with Crippen molar-refractivity contribution < 1.29 is 14.3 Å². The van der Waals surface area contributed by atoms with Crippen LogP contribution >= 0.6 is 11.3 Å². The van der Waals surface area contributed by atoms with E-state index in [9.17, 15) is 9.59 Å². The number of ether oxygens (including phenoxy) is 1. The van der Waals surface area contributed by atoms with Crippen LogP contribution in [0.15, 0.2) is 0 Å². The van der Waals surface area contributed by atoms with Crippen molar-refractivity contribution in [2.75, 3.05) is 12.4 Å². The average molecular weight is 390 g/mol. The Bertz CT molecular complexity index is 760. The molecule has 1 N–H and O–H groups in total. The van der Waals surface area contributed by atoms with Crippen molar-refractivity contribution >= 4 is 28.2 Å². The third-order valence-electron chi connectivity index (χ3n) is 7.19. The van der Waals surface area contributed by atoms with Crippen molar-refractivity contribution in [3.8, 4) is 0 Å². The topological polar surface area (TPSA) is 55.4 Å². The minimum absolute atomic E-state index is 0.110. The van der Waals surface area contributed by atoms with Crippen molar-refractivity contribution in [2.45, 2.75) is 65.7 Å². The van der Waals surface area contributed by atoms with Gasteiger partial charge in [0, 0.05) is 10.8 Å². The largest absolute Gasteiger partial charge is 0.465 e. The summed E-state index contributed by atoms with van der Waals surface area (Å²) >= 11 is 1.60. The summed E-state index contributed by atoms with van der Waals surface area (Å²) in [5.41, 5.74) is 1.97. The molecule has 0 aliphatic heterocycles. The zero-order chi connectivity index (χ0) is 19.3. The van der Waals surface area contributed by atoms with Gasteiger partial charge in [0.25, 0.3) is 0 Å². The van der Waals surface area contributed by atoms with Crippen LogP contribution in [0, 0.1) is 29.1 Å². The fourth-order valence-corrected chi connectivity index (χ4v) is 6.82. The van der Waals surface area contributed by atoms with Crippen molar-refractivity contribution in [3.63, 3.8) is 0 Å². The molecule has 1 amide bonds. The van der Waals surface area contributed by atoms with Gasteiger partial charge >= 0.3 is 5.97 Å². The molecule has 1 aromatic heterocycles. The van der Waals surface area contributed by atoms with Gasteiger partial charge in [-0.1, -0.05) is 27.2 Å². The van der Waals surface area contributed by atoms with Crippen LogP contribution in [0.5, 0.6) is 0 Å². The molecule has 0 radical (unpaired) electrons. The minimum atomic E-state index is -0.315. The number of carbonyl (C=O) groups is 2. The molecule has 4 atom stereocenters. The Kier molecular flexibility index (Phi) is 4.86. The standard InChI is InChI=1S/C22H31NO3S/c1-22(2,3)14-7-8-15-17(11-14)27-20(18(15)21(25)26-4)23-19(24)16-10-12-5-6-13(16)9-12/h12-14,16H,5-11H2,1-4H3,(H,23,24)/t12-,13-,14-,16+/m0/s1. The van der Waals surface area contributed by atoms with E-state index in [0.717, 1.165) is 37.2 Å². The second kappa shape index (κ2) is 6.91. The molecule has 2 fully saturated rings. The summed E-state index contributed by atoms with van der Waals surface area (Å²) in [5.74, 6) is 1.79. The highest BCUT2D eigenvalue weighted by Crippen LogP contribution is 2.49. The number of amides is 1. The maximum absolute atomic E-state index is 12.9. The van der Waals surface area contributed by atoms with Gasteiger partial charge in [-0.2, -0.15) is 0 Å². The first-order valence-corrected chi connectivity index (χ1v) is 11.1. The van der Waals surface area contributed by atoms with E-state index in [4.69, 9.17) is 4.74 Å². The molecular formula is C22H31NO3S. The Morgan fingerprint density at radius 2 is 1.93 bits per heavy atom. The van der Waals surface area contributed by atoms with E-state index >= 15 is 0 Å². The molecule has 0 unspecified atom stereocenters. The van der Waals surface area contributed by atoms with Gasteiger partial charge in [-0.05, 0) is 67.3 Å². The molecule has 1 heterocycles. The third-order valence-corrected chi connectivity index (χ3v) is 8.36. The second-order valence-electron chi connectivity index (χ2n) is 9.78. The van der Waals surface area contributed by atoms with E-state index in [2.05, 4.69) is 26.1 Å². The molecule has 148 valence electrons. The number of carbonyl (C=O) groups excluding carboxylic acids is 2. The van der Waals surface area contributed by atoms with Gasteiger partial charge < -0.3 is 10.1 Å². The minimum Gasteiger partial charge on any atom is -0.465 e. The Labute approximate surface area is 166 Å². The quantitative estimate of drug-likeness (QED) is 0.735. The third kappa shape index (κ3) is 3.43. The van der Waals surface area contributed by atoms with Gasteiger partial charge in [0.05, 0.1) is 12.7 Å². The predicted molar refractivity (Wildman–Crippen MR) is 108 cm³/mol. The van der Waals surface area contributed by atoms with Crippen molar-refractivity contribution in [1.29, 1.82) is 0 Å². The number of fused-ring (bicyclic) bond motifs is 3. The monoisotopic (exact) mass is 389 g/mol. The number of hydrogen-bond donors (Lipinski definition) is 1. The zero-order valence-electron chi connectivity index (χ0n) is 16.9. The summed E-state index contributed by atoms with van der Waals surface area (Å²) in [6.07, 6.45) is 7.64. The van der Waals surface area contributed by atoms with Crippen LogP contribution in [0.25, 0.3) is 0 Å². The van der Waals surface area contributed by atoms with E-state index in [1.165, 1.54) is 31.2 Å². The number of thiophene rings is 1. The molecular weight excluding hydrogens is 358 g/mol. The van der Waals surface area contributed by atoms with Crippen LogP contribution in [-0.2, 0) is 22.4 Å². The molecule has 2 saturated carbocycles. The van der Waals surface area contributed by atoms with Crippen molar-refractivity contribution in [1.82, 2.24) is 0 Å². The molecule has 27 heavy (non-hydrogen) atoms. The molecule has 0 spiro atoms. The Balaban J connectivity index is 1.59. The molecule has 2 bridgehead atoms. The van der Waals surface area contributed by atoms with Crippen LogP contribution in [0.2, 0.25) is 0 Å². The number of nitrogens with one attached hydrogen (secondary N) is 1. The fraction of sp³-hybridized carbons (Fsp3) is 0.727. The van der Waals surface area contributed by atoms with Gasteiger partial charge in [0.15, 0.2) is 0 Å². The van der Waals surface area contributed by atoms with Crippen molar-refractivity contribution in [3.05, 3.63) is 16.0 Å². The highest BCUT2D eigenvalue weighted by molar-refractivity contribution is 7.17. The first-order valence-electron chi connectivity index (χ1n) is 10.3. The summed E-state index contributed by atoms with van der Waals surface area (Å²) in [7, 11) is 1.43. The molecule has 1 aromatic rings. The van der Waals surface area contributed by atoms with Crippen molar-refractivity contribution in [2.24, 2.45) is 29.1 Å². The van der Waals surface area contributed by atoms with Crippen LogP contribution in [-0.4, -0.2) is 19.0 Å². The summed E-state index contributed by atoms with van der Waals surface area (Å²) in [4.78, 5) is 26.7. The van der Waals surface area contributed by atoms with Gasteiger partial charge in [-0.25, -0.2) is 4.79 Å². The number of esters is 1. The normalized spacial score (nSPS) is 29.5. The van der Waals surface area contributed by atoms with E-state index in [0.29, 0.717) is 22.4 Å². The Morgan fingerprint density at radius 3 is 2.52 bits per heavy atom. The number of rotatable bonds is 3. The molecule has 3 aliphatic rings. The Hall–Kier alpha value is -1.36. The van der Waals surface area contributed by atoms with E-state index < -0.39 is 0 Å². The summed E-state index contributed by atoms with van der Waals surface area (Å²) in [6, 6.07) is 0. The fourth-order valence-electron chi connectivity index (χ4n) is 5.50. The van der Waals surface area contributed by atoms with Crippen LogP contribution < -0.4 is 5.32 Å². The number of methoxy groups -OCH3 is 1. The van der Waals surface area contributed by atoms with E-state index in [1.54, 1.807) is 11.3 Å². The highest BCUT2D eigenvalue weighted by Gasteiger charge is 2.43. The van der Waals surface area contributed by atoms with E-state index in [-0.39, 0.29) is 23.2 Å². The predicted octanol–water partition coefficient (Wildman–Crippen LogP) is 5.06. The molecule has 0 saturated heterocycles. The number of anilines is 1. The maximum Gasteiger partial charge on any atom is 0.341 e. The summed E-state index contributed by atoms with van der Waals surface area (Å²) in [5, 5.41) is 3.86. The molecule has 0 aromatic carbocycles. The highest BCUT2D eigenvalue weighted by atomic mass is 32.1. The molecule has 5 heteroatoms. The molecule has 3 aliphatic carbocycles. The lowest BCUT2D eigenvalue weighted by Crippen LogP contribution is -2.28. The smallest absolute Gasteiger partial charge is 0.341 e. The Morgan fingerprint density at radius 1 is 1.15 bits per heavy atom. The first kappa shape index (κ1) is 19.0. The van der Waals surface area contributed by atoms with E-state index in [1.807, 2.05) is 0 Å². The van der Waals surface area contributed by atoms with Gasteiger partial charge in [0.1, 0.15) is 5.00 Å². The number of hydrogen-bond acceptors (Lipinski definition) is 4. The van der Waals surface area contributed by atoms with Crippen LogP contribution in [0.1, 0.15) is 73.7 Å². The van der Waals surface area contributed by atoms with Gasteiger partial charge in [-0.3, -0.25) is 4.79 Å². The lowest BCUT2D eigenvalue weighted by Gasteiger charge is -2.33. The maximum atomic E-state index is 12.9. The van der Waals surface area contributed by atoms with Gasteiger partial charge in [-0.15, -0.1) is 11.3 Å². The molecule has 4 rings (SSSR count). The van der Waals surface area contributed by atoms with Gasteiger partial charge in [0.2, 0.25) is 5.91 Å². The SMILES string of the molecule is COC(=O)c1c(NC(=O)[C@@H]2C[C@H]3CC[C@H]2C3)sc2c1CC[C@H](C(C)(C)C)C2. The lowest BCUT2D eigenvalue weighted by molar-refractivity contribution is -0.121. The second-order valence-corrected chi connectivity index (χ2v) is 10.9. The zero-order valence-corrected chi connectivity index (χ0v) is 17.7. The van der Waals surface area contributed by atoms with Crippen LogP contribution in [0.4, 0.5) is 5.00 Å². The summed E-state index contributed by atoms with van der Waals surface area (Å²) < 4.78 is 5.07. The average Bonchev–Trinajstić information content (AvgIpc) is 3.33. The molecule has 4 nitrogen and oxygen atoms in total. The first-order chi connectivity index (χ1) is 12.8.